The lowest BCUT2D eigenvalue weighted by atomic mass is 9.84. The van der Waals surface area contributed by atoms with Crippen molar-refractivity contribution in [3.8, 4) is 0 Å². The maximum Gasteiger partial charge on any atom is 0.409 e. The van der Waals surface area contributed by atoms with Crippen LogP contribution >= 0.6 is 0 Å². The van der Waals surface area contributed by atoms with E-state index in [-0.39, 0.29) is 11.5 Å². The predicted molar refractivity (Wildman–Crippen MR) is 67.0 cm³/mol. The number of ether oxygens (including phenoxy) is 2. The van der Waals surface area contributed by atoms with Crippen molar-refractivity contribution in [3.05, 3.63) is 0 Å². The summed E-state index contributed by atoms with van der Waals surface area (Å²) >= 11 is 0. The molecule has 100 valence electrons. The number of rotatable bonds is 5. The third kappa shape index (κ3) is 4.54. The van der Waals surface area contributed by atoms with E-state index >= 15 is 0 Å². The van der Waals surface area contributed by atoms with Crippen molar-refractivity contribution in [1.29, 1.82) is 0 Å². The average molecular weight is 243 g/mol. The lowest BCUT2D eigenvalue weighted by molar-refractivity contribution is 0.0123. The third-order valence-corrected chi connectivity index (χ3v) is 3.52. The summed E-state index contributed by atoms with van der Waals surface area (Å²) in [7, 11) is 0. The van der Waals surface area contributed by atoms with Crippen LogP contribution in [0.25, 0.3) is 0 Å². The highest BCUT2D eigenvalue weighted by atomic mass is 16.6. The molecule has 1 rings (SSSR count). The van der Waals surface area contributed by atoms with Gasteiger partial charge in [0.15, 0.2) is 0 Å². The Morgan fingerprint density at radius 2 is 2.00 bits per heavy atom. The van der Waals surface area contributed by atoms with E-state index in [4.69, 9.17) is 9.47 Å². The van der Waals surface area contributed by atoms with Gasteiger partial charge in [-0.2, -0.15) is 0 Å². The molecule has 1 amide bonds. The van der Waals surface area contributed by atoms with E-state index in [1.54, 1.807) is 4.90 Å². The van der Waals surface area contributed by atoms with E-state index in [1.807, 2.05) is 0 Å². The molecule has 1 atom stereocenters. The minimum atomic E-state index is -0.191. The highest BCUT2D eigenvalue weighted by Crippen LogP contribution is 2.27. The zero-order valence-electron chi connectivity index (χ0n) is 11.3. The normalized spacial score (nSPS) is 19.8. The Bertz CT molecular complexity index is 239. The van der Waals surface area contributed by atoms with Crippen molar-refractivity contribution in [1.82, 2.24) is 4.90 Å². The lowest BCUT2D eigenvalue weighted by Gasteiger charge is -2.30. The Labute approximate surface area is 104 Å². The van der Waals surface area contributed by atoms with Crippen LogP contribution in [0.15, 0.2) is 0 Å². The minimum absolute atomic E-state index is 0.122. The molecule has 1 aliphatic heterocycles. The van der Waals surface area contributed by atoms with Crippen molar-refractivity contribution in [2.75, 3.05) is 32.9 Å². The molecular formula is C13H25NO3. The molecule has 1 fully saturated rings. The molecule has 0 N–H and O–H groups in total. The fourth-order valence-electron chi connectivity index (χ4n) is 2.03. The lowest BCUT2D eigenvalue weighted by Crippen LogP contribution is -2.42. The van der Waals surface area contributed by atoms with E-state index < -0.39 is 0 Å². The van der Waals surface area contributed by atoms with Crippen LogP contribution in [0.2, 0.25) is 0 Å². The molecule has 0 bridgehead atoms. The first-order valence-electron chi connectivity index (χ1n) is 6.61. The molecule has 0 aromatic carbocycles. The smallest absolute Gasteiger partial charge is 0.409 e. The van der Waals surface area contributed by atoms with Crippen LogP contribution in [-0.2, 0) is 9.47 Å². The summed E-state index contributed by atoms with van der Waals surface area (Å²) in [5, 5.41) is 0. The van der Waals surface area contributed by atoms with Crippen molar-refractivity contribution >= 4 is 6.09 Å². The monoisotopic (exact) mass is 243 g/mol. The number of hydrogen-bond donors (Lipinski definition) is 0. The van der Waals surface area contributed by atoms with Crippen LogP contribution in [0.3, 0.4) is 0 Å². The first kappa shape index (κ1) is 14.3. The second-order valence-electron chi connectivity index (χ2n) is 5.07. The van der Waals surface area contributed by atoms with Gasteiger partial charge in [-0.25, -0.2) is 4.79 Å². The number of carbonyl (C=O) groups is 1. The molecule has 4 heteroatoms. The predicted octanol–water partition coefficient (Wildman–Crippen LogP) is 2.67. The van der Waals surface area contributed by atoms with Crippen molar-refractivity contribution < 1.29 is 14.3 Å². The molecular weight excluding hydrogens is 218 g/mol. The van der Waals surface area contributed by atoms with Gasteiger partial charge in [0.05, 0.1) is 19.8 Å². The number of hydrogen-bond acceptors (Lipinski definition) is 3. The third-order valence-electron chi connectivity index (χ3n) is 3.52. The van der Waals surface area contributed by atoms with Gasteiger partial charge in [0.1, 0.15) is 0 Å². The first-order chi connectivity index (χ1) is 8.11. The molecule has 0 spiro atoms. The fraction of sp³-hybridized carbons (Fsp3) is 0.923. The van der Waals surface area contributed by atoms with Gasteiger partial charge in [-0.05, 0) is 12.8 Å². The molecule has 1 saturated heterocycles. The van der Waals surface area contributed by atoms with Gasteiger partial charge in [0.25, 0.3) is 0 Å². The summed E-state index contributed by atoms with van der Waals surface area (Å²) in [6.45, 7) is 9.56. The molecule has 17 heavy (non-hydrogen) atoms. The molecule has 0 radical (unpaired) electrons. The maximum absolute atomic E-state index is 11.8. The summed E-state index contributed by atoms with van der Waals surface area (Å²) in [4.78, 5) is 13.5. The van der Waals surface area contributed by atoms with Gasteiger partial charge < -0.3 is 14.4 Å². The van der Waals surface area contributed by atoms with E-state index in [0.717, 1.165) is 19.3 Å². The maximum atomic E-state index is 11.8. The second-order valence-corrected chi connectivity index (χ2v) is 5.07. The number of nitrogens with zero attached hydrogens (tertiary/aromatic N) is 1. The van der Waals surface area contributed by atoms with E-state index in [9.17, 15) is 4.79 Å². The minimum Gasteiger partial charge on any atom is -0.449 e. The molecule has 1 aliphatic rings. The highest BCUT2D eigenvalue weighted by molar-refractivity contribution is 5.67. The first-order valence-corrected chi connectivity index (χ1v) is 6.61. The molecule has 1 unspecified atom stereocenters. The summed E-state index contributed by atoms with van der Waals surface area (Å²) in [6.07, 6.45) is 3.07. The molecule has 0 aromatic rings. The van der Waals surface area contributed by atoms with E-state index in [0.29, 0.717) is 32.9 Å². The zero-order chi connectivity index (χ0) is 12.7. The van der Waals surface area contributed by atoms with Gasteiger partial charge in [-0.1, -0.05) is 27.2 Å². The SMILES string of the molecule is CCCC(C)(CC)COC(=O)N1CCOCC1. The van der Waals surface area contributed by atoms with Crippen LogP contribution in [0.4, 0.5) is 4.79 Å². The highest BCUT2D eigenvalue weighted by Gasteiger charge is 2.25. The van der Waals surface area contributed by atoms with Crippen molar-refractivity contribution in [2.45, 2.75) is 40.0 Å². The standard InChI is InChI=1S/C13H25NO3/c1-4-6-13(3,5-2)11-17-12(15)14-7-9-16-10-8-14/h4-11H2,1-3H3. The summed E-state index contributed by atoms with van der Waals surface area (Å²) in [6, 6.07) is 0. The molecule has 4 nitrogen and oxygen atoms in total. The Morgan fingerprint density at radius 1 is 1.35 bits per heavy atom. The number of morpholine rings is 1. The number of carbonyl (C=O) groups excluding carboxylic acids is 1. The summed E-state index contributed by atoms with van der Waals surface area (Å²) in [5.74, 6) is 0. The van der Waals surface area contributed by atoms with Crippen LogP contribution in [0.5, 0.6) is 0 Å². The second kappa shape index (κ2) is 6.84. The van der Waals surface area contributed by atoms with Crippen LogP contribution in [-0.4, -0.2) is 43.9 Å². The average Bonchev–Trinajstić information content (AvgIpc) is 2.37. The summed E-state index contributed by atoms with van der Waals surface area (Å²) < 4.78 is 10.6. The Balaban J connectivity index is 2.35. The fourth-order valence-corrected chi connectivity index (χ4v) is 2.03. The molecule has 0 aromatic heterocycles. The molecule has 1 heterocycles. The summed E-state index contributed by atoms with van der Waals surface area (Å²) in [5.41, 5.74) is 0.122. The molecule has 0 saturated carbocycles. The Kier molecular flexibility index (Phi) is 5.75. The van der Waals surface area contributed by atoms with Gasteiger partial charge in [-0.3, -0.25) is 0 Å². The van der Waals surface area contributed by atoms with E-state index in [2.05, 4.69) is 20.8 Å². The Hall–Kier alpha value is -0.770. The Morgan fingerprint density at radius 3 is 2.53 bits per heavy atom. The van der Waals surface area contributed by atoms with Crippen LogP contribution in [0, 0.1) is 5.41 Å². The molecule has 0 aliphatic carbocycles. The van der Waals surface area contributed by atoms with Crippen molar-refractivity contribution in [2.24, 2.45) is 5.41 Å². The van der Waals surface area contributed by atoms with Crippen LogP contribution < -0.4 is 0 Å². The van der Waals surface area contributed by atoms with Crippen LogP contribution in [0.1, 0.15) is 40.0 Å². The number of amides is 1. The van der Waals surface area contributed by atoms with Gasteiger partial charge in [0.2, 0.25) is 0 Å². The van der Waals surface area contributed by atoms with E-state index in [1.165, 1.54) is 0 Å². The van der Waals surface area contributed by atoms with Crippen molar-refractivity contribution in [3.63, 3.8) is 0 Å². The largest absolute Gasteiger partial charge is 0.449 e. The van der Waals surface area contributed by atoms with Gasteiger partial charge >= 0.3 is 6.09 Å². The topological polar surface area (TPSA) is 38.8 Å². The quantitative estimate of drug-likeness (QED) is 0.745. The zero-order valence-corrected chi connectivity index (χ0v) is 11.3. The van der Waals surface area contributed by atoms with Gasteiger partial charge in [0, 0.05) is 18.5 Å². The van der Waals surface area contributed by atoms with Gasteiger partial charge in [-0.15, -0.1) is 0 Å².